The molecule has 9 nitrogen and oxygen atoms in total. The second kappa shape index (κ2) is 9.22. The Labute approximate surface area is 193 Å². The van der Waals surface area contributed by atoms with E-state index >= 15 is 0 Å². The first-order valence-corrected chi connectivity index (χ1v) is 10.4. The lowest BCUT2D eigenvalue weighted by Crippen LogP contribution is -2.32. The summed E-state index contributed by atoms with van der Waals surface area (Å²) in [5.41, 5.74) is 1.12. The van der Waals surface area contributed by atoms with Crippen molar-refractivity contribution in [2.45, 2.75) is 26.4 Å². The van der Waals surface area contributed by atoms with Crippen LogP contribution in [0.3, 0.4) is 0 Å². The zero-order chi connectivity index (χ0) is 24.4. The highest BCUT2D eigenvalue weighted by Gasteiger charge is 2.29. The van der Waals surface area contributed by atoms with Gasteiger partial charge in [0, 0.05) is 10.9 Å². The van der Waals surface area contributed by atoms with Gasteiger partial charge in [0.25, 0.3) is 0 Å². The molecule has 2 aromatic carbocycles. The van der Waals surface area contributed by atoms with Gasteiger partial charge in [0.1, 0.15) is 29.3 Å². The van der Waals surface area contributed by atoms with Crippen LogP contribution in [0.2, 0.25) is 0 Å². The van der Waals surface area contributed by atoms with Crippen LogP contribution in [-0.2, 0) is 9.59 Å². The number of ether oxygens (including phenoxy) is 3. The molecule has 0 fully saturated rings. The second-order valence-electron chi connectivity index (χ2n) is 7.63. The Morgan fingerprint density at radius 1 is 1.12 bits per heavy atom. The molecular weight excluding hydrogens is 444 g/mol. The molecule has 9 heteroatoms. The SMILES string of the molecule is CC(=O)c1c(OC(CC(=O)Oc2cc3ccccc3oc2=O)C(=O)O)ccc2c1OCC=C2C. The van der Waals surface area contributed by atoms with E-state index < -0.39 is 30.1 Å². The number of aliphatic carboxylic acids is 1. The standard InChI is InChI=1S/C25H20O9/c1-13-9-10-31-23-16(13)7-8-18(22(23)14(2)26)32-19(24(28)29)12-21(27)33-20-11-15-5-3-4-6-17(15)34-25(20)30/h3-9,11,19H,10,12H2,1-2H3,(H,28,29). The predicted octanol–water partition coefficient (Wildman–Crippen LogP) is 3.62. The Bertz CT molecular complexity index is 1400. The molecule has 1 aliphatic rings. The van der Waals surface area contributed by atoms with Crippen molar-refractivity contribution < 1.29 is 38.1 Å². The molecule has 34 heavy (non-hydrogen) atoms. The number of rotatable bonds is 7. The molecule has 1 unspecified atom stereocenters. The summed E-state index contributed by atoms with van der Waals surface area (Å²) in [6, 6.07) is 11.1. The quantitative estimate of drug-likeness (QED) is 0.316. The maximum Gasteiger partial charge on any atom is 0.379 e. The van der Waals surface area contributed by atoms with Crippen LogP contribution >= 0.6 is 0 Å². The lowest BCUT2D eigenvalue weighted by molar-refractivity contribution is -0.150. The van der Waals surface area contributed by atoms with E-state index in [0.717, 1.165) is 5.57 Å². The van der Waals surface area contributed by atoms with Gasteiger partial charge < -0.3 is 23.7 Å². The van der Waals surface area contributed by atoms with E-state index in [4.69, 9.17) is 18.6 Å². The number of carboxylic acid groups (broad SMARTS) is 1. The van der Waals surface area contributed by atoms with Crippen molar-refractivity contribution in [1.29, 1.82) is 0 Å². The number of hydrogen-bond acceptors (Lipinski definition) is 8. The molecule has 1 N–H and O–H groups in total. The van der Waals surface area contributed by atoms with E-state index in [0.29, 0.717) is 22.3 Å². The van der Waals surface area contributed by atoms with Crippen LogP contribution in [0.15, 0.2) is 57.8 Å². The lowest BCUT2D eigenvalue weighted by Gasteiger charge is -2.22. The van der Waals surface area contributed by atoms with Crippen LogP contribution in [0.1, 0.15) is 36.2 Å². The van der Waals surface area contributed by atoms with Crippen LogP contribution in [0, 0.1) is 0 Å². The number of para-hydroxylation sites is 1. The average Bonchev–Trinajstić information content (AvgIpc) is 2.78. The summed E-state index contributed by atoms with van der Waals surface area (Å²) in [6.45, 7) is 3.43. The van der Waals surface area contributed by atoms with E-state index in [1.165, 1.54) is 19.1 Å². The van der Waals surface area contributed by atoms with Crippen LogP contribution in [0.5, 0.6) is 17.2 Å². The number of carbonyl (C=O) groups excluding carboxylic acids is 2. The average molecular weight is 464 g/mol. The normalized spacial score (nSPS) is 13.3. The number of Topliss-reactive ketones (excluding diaryl/α,β-unsaturated/α-hetero) is 1. The number of esters is 1. The minimum atomic E-state index is -1.68. The molecule has 4 rings (SSSR count). The fourth-order valence-electron chi connectivity index (χ4n) is 3.58. The Kier molecular flexibility index (Phi) is 6.18. The molecule has 174 valence electrons. The fraction of sp³-hybridized carbons (Fsp3) is 0.200. The monoisotopic (exact) mass is 464 g/mol. The Morgan fingerprint density at radius 2 is 1.88 bits per heavy atom. The summed E-state index contributed by atoms with van der Waals surface area (Å²) in [5, 5.41) is 10.1. The van der Waals surface area contributed by atoms with E-state index in [1.54, 1.807) is 30.3 Å². The van der Waals surface area contributed by atoms with Gasteiger partial charge in [-0.1, -0.05) is 18.2 Å². The second-order valence-corrected chi connectivity index (χ2v) is 7.63. The van der Waals surface area contributed by atoms with Crippen LogP contribution < -0.4 is 19.8 Å². The summed E-state index contributed by atoms with van der Waals surface area (Å²) in [6.07, 6.45) is -0.557. The van der Waals surface area contributed by atoms with Crippen LogP contribution in [0.4, 0.5) is 0 Å². The summed E-state index contributed by atoms with van der Waals surface area (Å²) in [4.78, 5) is 48.7. The highest BCUT2D eigenvalue weighted by atomic mass is 16.6. The maximum atomic E-state index is 12.5. The first-order valence-electron chi connectivity index (χ1n) is 10.4. The molecule has 0 spiro atoms. The molecule has 2 heterocycles. The van der Waals surface area contributed by atoms with Gasteiger partial charge in [-0.25, -0.2) is 9.59 Å². The highest BCUT2D eigenvalue weighted by Crippen LogP contribution is 2.39. The van der Waals surface area contributed by atoms with Crippen LogP contribution in [-0.4, -0.2) is 35.5 Å². The third kappa shape index (κ3) is 4.54. The van der Waals surface area contributed by atoms with Crippen LogP contribution in [0.25, 0.3) is 16.5 Å². The number of benzene rings is 2. The van der Waals surface area contributed by atoms with Crippen molar-refractivity contribution in [3.05, 3.63) is 70.1 Å². The highest BCUT2D eigenvalue weighted by molar-refractivity contribution is 6.01. The van der Waals surface area contributed by atoms with Crippen molar-refractivity contribution in [3.63, 3.8) is 0 Å². The third-order valence-electron chi connectivity index (χ3n) is 5.24. The van der Waals surface area contributed by atoms with E-state index in [-0.39, 0.29) is 29.5 Å². The number of carboxylic acids is 1. The van der Waals surface area contributed by atoms with Crippen molar-refractivity contribution in [2.75, 3.05) is 6.61 Å². The number of ketones is 1. The fourth-order valence-corrected chi connectivity index (χ4v) is 3.58. The molecule has 0 bridgehead atoms. The maximum absolute atomic E-state index is 12.5. The topological polar surface area (TPSA) is 129 Å². The van der Waals surface area contributed by atoms with Crippen molar-refractivity contribution in [3.8, 4) is 17.2 Å². The van der Waals surface area contributed by atoms with Gasteiger partial charge in [0.15, 0.2) is 5.78 Å². The number of hydrogen-bond donors (Lipinski definition) is 1. The largest absolute Gasteiger partial charge is 0.488 e. The molecule has 1 atom stereocenters. The minimum Gasteiger partial charge on any atom is -0.488 e. The molecule has 0 radical (unpaired) electrons. The molecule has 1 aliphatic heterocycles. The van der Waals surface area contributed by atoms with E-state index in [2.05, 4.69) is 0 Å². The van der Waals surface area contributed by atoms with Gasteiger partial charge in [0.2, 0.25) is 11.9 Å². The molecule has 0 saturated carbocycles. The summed E-state index contributed by atoms with van der Waals surface area (Å²) >= 11 is 0. The van der Waals surface area contributed by atoms with Crippen molar-refractivity contribution >= 4 is 34.3 Å². The molecule has 0 saturated heterocycles. The first kappa shape index (κ1) is 22.8. The van der Waals surface area contributed by atoms with Gasteiger partial charge in [-0.05, 0) is 49.8 Å². The lowest BCUT2D eigenvalue weighted by atomic mass is 9.98. The molecule has 3 aromatic rings. The predicted molar refractivity (Wildman–Crippen MR) is 120 cm³/mol. The zero-order valence-electron chi connectivity index (χ0n) is 18.3. The Hall–Kier alpha value is -4.40. The Morgan fingerprint density at radius 3 is 2.62 bits per heavy atom. The minimum absolute atomic E-state index is 0.0358. The van der Waals surface area contributed by atoms with Gasteiger partial charge >= 0.3 is 17.6 Å². The van der Waals surface area contributed by atoms with Gasteiger partial charge in [-0.3, -0.25) is 9.59 Å². The van der Waals surface area contributed by atoms with Gasteiger partial charge in [-0.15, -0.1) is 0 Å². The van der Waals surface area contributed by atoms with Crippen molar-refractivity contribution in [2.24, 2.45) is 0 Å². The summed E-state index contributed by atoms with van der Waals surface area (Å²) in [7, 11) is 0. The van der Waals surface area contributed by atoms with E-state index in [9.17, 15) is 24.3 Å². The molecule has 1 aromatic heterocycles. The number of allylic oxidation sites excluding steroid dienone is 1. The third-order valence-corrected chi connectivity index (χ3v) is 5.24. The van der Waals surface area contributed by atoms with Gasteiger partial charge in [0.05, 0.1) is 6.42 Å². The number of carbonyl (C=O) groups is 3. The Balaban J connectivity index is 1.57. The molecular formula is C25H20O9. The smallest absolute Gasteiger partial charge is 0.379 e. The molecule has 0 aliphatic carbocycles. The van der Waals surface area contributed by atoms with Crippen molar-refractivity contribution in [1.82, 2.24) is 0 Å². The number of fused-ring (bicyclic) bond motifs is 2. The van der Waals surface area contributed by atoms with E-state index in [1.807, 2.05) is 13.0 Å². The summed E-state index contributed by atoms with van der Waals surface area (Å²) in [5.74, 6) is -2.97. The molecule has 0 amide bonds. The summed E-state index contributed by atoms with van der Waals surface area (Å²) < 4.78 is 21.3. The first-order chi connectivity index (χ1) is 16.2. The van der Waals surface area contributed by atoms with Gasteiger partial charge in [-0.2, -0.15) is 0 Å². The zero-order valence-corrected chi connectivity index (χ0v) is 18.3.